The fourth-order valence-electron chi connectivity index (χ4n) is 4.02. The molecule has 0 atom stereocenters. The Morgan fingerprint density at radius 3 is 2.41 bits per heavy atom. The van der Waals surface area contributed by atoms with Crippen LogP contribution >= 0.6 is 0 Å². The maximum absolute atomic E-state index is 13.1. The number of benzene rings is 3. The number of carbonyl (C=O) groups excluding carboxylic acids is 1. The first-order chi connectivity index (χ1) is 17.9. The highest BCUT2D eigenvalue weighted by molar-refractivity contribution is 7.90. The van der Waals surface area contributed by atoms with Gasteiger partial charge in [-0.1, -0.05) is 62.2 Å². The van der Waals surface area contributed by atoms with Gasteiger partial charge in [-0.05, 0) is 61.4 Å². The molecule has 0 unspecified atom stereocenters. The summed E-state index contributed by atoms with van der Waals surface area (Å²) >= 11 is 0. The average Bonchev–Trinajstić information content (AvgIpc) is 2.90. The predicted molar refractivity (Wildman–Crippen MR) is 146 cm³/mol. The summed E-state index contributed by atoms with van der Waals surface area (Å²) in [6, 6.07) is 24.8. The van der Waals surface area contributed by atoms with Gasteiger partial charge in [-0.3, -0.25) is 4.90 Å². The minimum absolute atomic E-state index is 0.0860. The van der Waals surface area contributed by atoms with Crippen molar-refractivity contribution in [1.82, 2.24) is 9.71 Å². The number of anilines is 1. The topological polar surface area (TPSA) is 88.6 Å². The molecule has 0 aliphatic heterocycles. The minimum atomic E-state index is -4.01. The second-order valence-corrected chi connectivity index (χ2v) is 10.5. The Balaban J connectivity index is 1.47. The van der Waals surface area contributed by atoms with Gasteiger partial charge in [-0.2, -0.15) is 0 Å². The van der Waals surface area contributed by atoms with Crippen molar-refractivity contribution in [3.05, 3.63) is 96.2 Å². The number of sulfonamides is 1. The van der Waals surface area contributed by atoms with Crippen molar-refractivity contribution in [2.24, 2.45) is 0 Å². The van der Waals surface area contributed by atoms with Gasteiger partial charge in [-0.25, -0.2) is 22.9 Å². The summed E-state index contributed by atoms with van der Waals surface area (Å²) in [5, 5.41) is 1.07. The molecule has 3 aromatic carbocycles. The number of amides is 2. The zero-order valence-corrected chi connectivity index (χ0v) is 21.9. The summed E-state index contributed by atoms with van der Waals surface area (Å²) in [6.07, 6.45) is 2.65. The molecule has 1 N–H and O–H groups in total. The summed E-state index contributed by atoms with van der Waals surface area (Å²) in [6.45, 7) is 4.47. The zero-order chi connectivity index (χ0) is 26.3. The van der Waals surface area contributed by atoms with Crippen LogP contribution < -0.4 is 14.4 Å². The number of para-hydroxylation sites is 1. The standard InChI is InChI=1S/C29H31N3O4S/c1-3-4-9-20-32(29(33)31-37(34,35)28-13-8-5-10-22(28)2)25-16-18-26(19-17-25)36-21-24-15-14-23-11-6-7-12-27(23)30-24/h5-8,10-19H,3-4,9,20-21H2,1-2H3,(H,31,33). The number of aryl methyl sites for hydroxylation is 1. The van der Waals surface area contributed by atoms with Crippen molar-refractivity contribution in [2.75, 3.05) is 11.4 Å². The van der Waals surface area contributed by atoms with Crippen LogP contribution in [-0.4, -0.2) is 26.0 Å². The van der Waals surface area contributed by atoms with E-state index in [1.165, 1.54) is 11.0 Å². The Hall–Kier alpha value is -3.91. The maximum Gasteiger partial charge on any atom is 0.335 e. The van der Waals surface area contributed by atoms with E-state index in [4.69, 9.17) is 4.74 Å². The van der Waals surface area contributed by atoms with Crippen LogP contribution in [0.2, 0.25) is 0 Å². The van der Waals surface area contributed by atoms with E-state index in [0.717, 1.165) is 35.9 Å². The number of hydrogen-bond donors (Lipinski definition) is 1. The molecule has 0 saturated heterocycles. The van der Waals surface area contributed by atoms with Gasteiger partial charge in [0, 0.05) is 17.6 Å². The molecular weight excluding hydrogens is 486 g/mol. The SMILES string of the molecule is CCCCCN(C(=O)NS(=O)(=O)c1ccccc1C)c1ccc(OCc2ccc3ccccc3n2)cc1. The highest BCUT2D eigenvalue weighted by Crippen LogP contribution is 2.23. The number of fused-ring (bicyclic) bond motifs is 1. The van der Waals surface area contributed by atoms with Gasteiger partial charge in [0.05, 0.1) is 16.1 Å². The molecular formula is C29H31N3O4S. The fourth-order valence-corrected chi connectivity index (χ4v) is 5.22. The van der Waals surface area contributed by atoms with E-state index in [1.54, 1.807) is 49.4 Å². The van der Waals surface area contributed by atoms with Crippen LogP contribution in [0.3, 0.4) is 0 Å². The van der Waals surface area contributed by atoms with Crippen LogP contribution in [0.15, 0.2) is 89.8 Å². The molecule has 2 amide bonds. The average molecular weight is 518 g/mol. The summed E-state index contributed by atoms with van der Waals surface area (Å²) < 4.78 is 33.9. The molecule has 0 radical (unpaired) electrons. The molecule has 8 heteroatoms. The van der Waals surface area contributed by atoms with E-state index in [1.807, 2.05) is 36.4 Å². The zero-order valence-electron chi connectivity index (χ0n) is 21.1. The summed E-state index contributed by atoms with van der Waals surface area (Å²) in [7, 11) is -4.01. The van der Waals surface area contributed by atoms with Crippen molar-refractivity contribution in [2.45, 2.75) is 44.6 Å². The maximum atomic E-state index is 13.1. The lowest BCUT2D eigenvalue weighted by atomic mass is 10.2. The monoisotopic (exact) mass is 517 g/mol. The van der Waals surface area contributed by atoms with E-state index < -0.39 is 16.1 Å². The number of rotatable bonds is 10. The Bertz CT molecular complexity index is 1470. The van der Waals surface area contributed by atoms with Crippen LogP contribution in [0.4, 0.5) is 10.5 Å². The number of aromatic nitrogens is 1. The van der Waals surface area contributed by atoms with Gasteiger partial charge >= 0.3 is 6.03 Å². The molecule has 0 saturated carbocycles. The molecule has 1 heterocycles. The number of ether oxygens (including phenoxy) is 1. The number of hydrogen-bond acceptors (Lipinski definition) is 5. The first-order valence-corrected chi connectivity index (χ1v) is 13.8. The Morgan fingerprint density at radius 1 is 0.919 bits per heavy atom. The largest absolute Gasteiger partial charge is 0.487 e. The smallest absolute Gasteiger partial charge is 0.335 e. The molecule has 4 rings (SSSR count). The van der Waals surface area contributed by atoms with Crippen LogP contribution in [0.1, 0.15) is 37.4 Å². The predicted octanol–water partition coefficient (Wildman–Crippen LogP) is 6.22. The van der Waals surface area contributed by atoms with Gasteiger partial charge < -0.3 is 4.74 Å². The molecule has 0 bridgehead atoms. The van der Waals surface area contributed by atoms with Gasteiger partial charge in [0.2, 0.25) is 0 Å². The van der Waals surface area contributed by atoms with Gasteiger partial charge in [0.1, 0.15) is 12.4 Å². The second-order valence-electron chi connectivity index (χ2n) is 8.81. The summed E-state index contributed by atoms with van der Waals surface area (Å²) in [4.78, 5) is 19.3. The van der Waals surface area contributed by atoms with Crippen molar-refractivity contribution < 1.29 is 17.9 Å². The first kappa shape index (κ1) is 26.2. The quantitative estimate of drug-likeness (QED) is 0.252. The Labute approximate surface area is 218 Å². The Morgan fingerprint density at radius 2 is 1.65 bits per heavy atom. The van der Waals surface area contributed by atoms with Crippen LogP contribution in [-0.2, 0) is 16.6 Å². The number of urea groups is 1. The Kier molecular flexibility index (Phi) is 8.40. The third kappa shape index (κ3) is 6.65. The van der Waals surface area contributed by atoms with E-state index in [2.05, 4.69) is 16.6 Å². The van der Waals surface area contributed by atoms with E-state index in [-0.39, 0.29) is 4.90 Å². The van der Waals surface area contributed by atoms with E-state index in [9.17, 15) is 13.2 Å². The molecule has 0 aliphatic carbocycles. The molecule has 4 aromatic rings. The number of nitrogens with one attached hydrogen (secondary N) is 1. The van der Waals surface area contributed by atoms with Crippen molar-refractivity contribution >= 4 is 32.6 Å². The van der Waals surface area contributed by atoms with Crippen LogP contribution in [0.5, 0.6) is 5.75 Å². The fraction of sp³-hybridized carbons (Fsp3) is 0.241. The summed E-state index contributed by atoms with van der Waals surface area (Å²) in [5.41, 5.74) is 2.88. The van der Waals surface area contributed by atoms with Gasteiger partial charge in [0.15, 0.2) is 0 Å². The third-order valence-electron chi connectivity index (χ3n) is 6.03. The molecule has 0 aliphatic rings. The van der Waals surface area contributed by atoms with Crippen molar-refractivity contribution in [3.8, 4) is 5.75 Å². The molecule has 1 aromatic heterocycles. The van der Waals surface area contributed by atoms with Crippen LogP contribution in [0, 0.1) is 6.92 Å². The highest BCUT2D eigenvalue weighted by atomic mass is 32.2. The van der Waals surface area contributed by atoms with Gasteiger partial charge in [0.25, 0.3) is 10.0 Å². The normalized spacial score (nSPS) is 11.3. The number of pyridine rings is 1. The molecule has 7 nitrogen and oxygen atoms in total. The molecule has 0 spiro atoms. The van der Waals surface area contributed by atoms with Crippen molar-refractivity contribution in [3.63, 3.8) is 0 Å². The lowest BCUT2D eigenvalue weighted by Crippen LogP contribution is -2.43. The lowest BCUT2D eigenvalue weighted by molar-refractivity contribution is 0.250. The molecule has 0 fully saturated rings. The third-order valence-corrected chi connectivity index (χ3v) is 7.51. The van der Waals surface area contributed by atoms with Gasteiger partial charge in [-0.15, -0.1) is 0 Å². The first-order valence-electron chi connectivity index (χ1n) is 12.3. The van der Waals surface area contributed by atoms with E-state index in [0.29, 0.717) is 30.2 Å². The van der Waals surface area contributed by atoms with Crippen molar-refractivity contribution in [1.29, 1.82) is 0 Å². The second kappa shape index (κ2) is 11.9. The minimum Gasteiger partial charge on any atom is -0.487 e. The van der Waals surface area contributed by atoms with Crippen LogP contribution in [0.25, 0.3) is 10.9 Å². The molecule has 37 heavy (non-hydrogen) atoms. The van der Waals surface area contributed by atoms with E-state index >= 15 is 0 Å². The number of nitrogens with zero attached hydrogens (tertiary/aromatic N) is 2. The lowest BCUT2D eigenvalue weighted by Gasteiger charge is -2.23. The highest BCUT2D eigenvalue weighted by Gasteiger charge is 2.24. The number of carbonyl (C=O) groups is 1. The molecule has 192 valence electrons. The summed E-state index contributed by atoms with van der Waals surface area (Å²) in [5.74, 6) is 0.625. The number of unbranched alkanes of at least 4 members (excludes halogenated alkanes) is 2.